The highest BCUT2D eigenvalue weighted by molar-refractivity contribution is 5.98. The maximum atomic E-state index is 14.0. The minimum atomic E-state index is -0.800. The first-order valence-corrected chi connectivity index (χ1v) is 11.7. The molecule has 11 heteroatoms. The molecule has 0 aliphatic carbocycles. The Morgan fingerprint density at radius 3 is 2.76 bits per heavy atom. The minimum Gasteiger partial charge on any atom is -0.454 e. The monoisotopic (exact) mass is 506 g/mol. The highest BCUT2D eigenvalue weighted by Gasteiger charge is 2.28. The van der Waals surface area contributed by atoms with Crippen LogP contribution in [0.2, 0.25) is 0 Å². The Balaban J connectivity index is 1.46. The van der Waals surface area contributed by atoms with E-state index in [1.807, 2.05) is 0 Å². The molecule has 2 aromatic heterocycles. The first kappa shape index (κ1) is 24.3. The molecule has 1 saturated heterocycles. The zero-order valence-electron chi connectivity index (χ0n) is 19.7. The molecule has 37 heavy (non-hydrogen) atoms. The van der Waals surface area contributed by atoms with Crippen molar-refractivity contribution in [2.45, 2.75) is 18.9 Å². The molecular formula is C26H24F2N6O3. The van der Waals surface area contributed by atoms with Crippen LogP contribution in [-0.2, 0) is 4.79 Å². The summed E-state index contributed by atoms with van der Waals surface area (Å²) < 4.78 is 34.5. The van der Waals surface area contributed by atoms with Crippen LogP contribution >= 0.6 is 0 Å². The van der Waals surface area contributed by atoms with Crippen molar-refractivity contribution in [3.05, 3.63) is 72.6 Å². The molecule has 1 aliphatic heterocycles. The predicted molar refractivity (Wildman–Crippen MR) is 133 cm³/mol. The summed E-state index contributed by atoms with van der Waals surface area (Å²) in [6.07, 6.45) is 5.75. The zero-order valence-corrected chi connectivity index (χ0v) is 19.7. The number of rotatable bonds is 6. The molecule has 9 nitrogen and oxygen atoms in total. The van der Waals surface area contributed by atoms with Gasteiger partial charge in [0.2, 0.25) is 5.91 Å². The molecule has 1 aliphatic rings. The number of piperidine rings is 1. The van der Waals surface area contributed by atoms with Crippen LogP contribution < -0.4 is 10.5 Å². The van der Waals surface area contributed by atoms with Crippen LogP contribution in [0.15, 0.2) is 60.9 Å². The number of aliphatic hydroxyl groups excluding tert-OH is 1. The second kappa shape index (κ2) is 10.3. The van der Waals surface area contributed by atoms with Crippen LogP contribution in [0.1, 0.15) is 18.9 Å². The van der Waals surface area contributed by atoms with Gasteiger partial charge < -0.3 is 20.5 Å². The van der Waals surface area contributed by atoms with Gasteiger partial charge in [0.05, 0.1) is 18.0 Å². The number of fused-ring (bicyclic) bond motifs is 1. The lowest BCUT2D eigenvalue weighted by molar-refractivity contribution is -0.127. The highest BCUT2D eigenvalue weighted by Crippen LogP contribution is 2.35. The van der Waals surface area contributed by atoms with E-state index in [1.165, 1.54) is 24.5 Å². The van der Waals surface area contributed by atoms with Crippen molar-refractivity contribution in [2.75, 3.05) is 25.4 Å². The average molecular weight is 507 g/mol. The van der Waals surface area contributed by atoms with Crippen molar-refractivity contribution < 1.29 is 23.4 Å². The molecule has 2 aromatic carbocycles. The van der Waals surface area contributed by atoms with E-state index in [4.69, 9.17) is 20.7 Å². The molecule has 190 valence electrons. The second-order valence-corrected chi connectivity index (χ2v) is 8.62. The number of halogens is 2. The molecule has 3 N–H and O–H groups in total. The molecule has 0 spiro atoms. The van der Waals surface area contributed by atoms with Crippen LogP contribution in [0.5, 0.6) is 11.5 Å². The largest absolute Gasteiger partial charge is 0.454 e. The van der Waals surface area contributed by atoms with E-state index < -0.39 is 11.6 Å². The Labute approximate surface area is 210 Å². The summed E-state index contributed by atoms with van der Waals surface area (Å²) in [5.74, 6) is -1.11. The lowest BCUT2D eigenvalue weighted by Crippen LogP contribution is -2.40. The topological polar surface area (TPSA) is 119 Å². The normalized spacial score (nSPS) is 16.0. The number of aromatic nitrogens is 4. The predicted octanol–water partition coefficient (Wildman–Crippen LogP) is 3.86. The molecule has 0 unspecified atom stereocenters. The number of anilines is 1. The van der Waals surface area contributed by atoms with Gasteiger partial charge in [-0.15, -0.1) is 0 Å². The number of nitrogens with zero attached hydrogens (tertiary/aromatic N) is 5. The Kier molecular flexibility index (Phi) is 6.78. The standard InChI is InChI=1S/C26H24F2N6O3/c27-17-7-10-21(20(28)13-17)37-19-8-5-16(6-9-19)24-23-25(29)30-15-31-26(23)34(32-24)18-3-1-11-33(14-18)22(36)4-2-12-35/h2,4-10,13,15,18,35H,1,3,11-12,14H2,(H2,29,30,31)/b4-2+/t18-/m1/s1. The molecular weight excluding hydrogens is 482 g/mol. The van der Waals surface area contributed by atoms with Gasteiger partial charge in [-0.3, -0.25) is 4.79 Å². The summed E-state index contributed by atoms with van der Waals surface area (Å²) >= 11 is 0. The molecule has 0 bridgehead atoms. The lowest BCUT2D eigenvalue weighted by Gasteiger charge is -2.32. The number of amides is 1. The Hall–Kier alpha value is -4.38. The maximum Gasteiger partial charge on any atom is 0.246 e. The van der Waals surface area contributed by atoms with Crippen LogP contribution in [0, 0.1) is 11.6 Å². The number of hydrogen-bond donors (Lipinski definition) is 2. The first-order valence-electron chi connectivity index (χ1n) is 11.7. The van der Waals surface area contributed by atoms with Crippen molar-refractivity contribution in [2.24, 2.45) is 0 Å². The smallest absolute Gasteiger partial charge is 0.246 e. The van der Waals surface area contributed by atoms with E-state index in [2.05, 4.69) is 9.97 Å². The third-order valence-electron chi connectivity index (χ3n) is 6.19. The van der Waals surface area contributed by atoms with Crippen LogP contribution in [-0.4, -0.2) is 55.4 Å². The first-order chi connectivity index (χ1) is 17.9. The Morgan fingerprint density at radius 2 is 2.00 bits per heavy atom. The van der Waals surface area contributed by atoms with E-state index in [1.54, 1.807) is 33.8 Å². The van der Waals surface area contributed by atoms with Crippen molar-refractivity contribution in [3.63, 3.8) is 0 Å². The van der Waals surface area contributed by atoms with Crippen LogP contribution in [0.3, 0.4) is 0 Å². The quantitative estimate of drug-likeness (QED) is 0.381. The minimum absolute atomic E-state index is 0.0910. The number of benzene rings is 2. The number of nitrogen functional groups attached to an aromatic ring is 1. The van der Waals surface area contributed by atoms with Gasteiger partial charge in [-0.25, -0.2) is 23.4 Å². The number of nitrogens with two attached hydrogens (primary N) is 1. The van der Waals surface area contributed by atoms with E-state index in [-0.39, 0.29) is 30.1 Å². The van der Waals surface area contributed by atoms with Crippen molar-refractivity contribution in [3.8, 4) is 22.8 Å². The van der Waals surface area contributed by atoms with Gasteiger partial charge in [0.25, 0.3) is 0 Å². The average Bonchev–Trinajstić information content (AvgIpc) is 3.30. The van der Waals surface area contributed by atoms with Crippen molar-refractivity contribution in [1.29, 1.82) is 0 Å². The number of ether oxygens (including phenoxy) is 1. The van der Waals surface area contributed by atoms with E-state index in [0.717, 1.165) is 25.0 Å². The van der Waals surface area contributed by atoms with Gasteiger partial charge in [0.1, 0.15) is 29.4 Å². The lowest BCUT2D eigenvalue weighted by atomic mass is 10.1. The fraction of sp³-hybridized carbons (Fsp3) is 0.231. The van der Waals surface area contributed by atoms with Crippen molar-refractivity contribution in [1.82, 2.24) is 24.6 Å². The van der Waals surface area contributed by atoms with Gasteiger partial charge in [-0.05, 0) is 49.2 Å². The third-order valence-corrected chi connectivity index (χ3v) is 6.19. The number of hydrogen-bond acceptors (Lipinski definition) is 7. The summed E-state index contributed by atoms with van der Waals surface area (Å²) in [5.41, 5.74) is 8.07. The van der Waals surface area contributed by atoms with E-state index >= 15 is 0 Å². The summed E-state index contributed by atoms with van der Waals surface area (Å²) in [6.45, 7) is 0.851. The summed E-state index contributed by atoms with van der Waals surface area (Å²) in [6, 6.07) is 9.79. The molecule has 4 aromatic rings. The number of likely N-dealkylation sites (tertiary alicyclic amines) is 1. The van der Waals surface area contributed by atoms with Crippen LogP contribution in [0.25, 0.3) is 22.3 Å². The number of carbonyl (C=O) groups excluding carboxylic acids is 1. The molecule has 1 fully saturated rings. The molecule has 1 atom stereocenters. The van der Waals surface area contributed by atoms with Gasteiger partial charge in [0, 0.05) is 30.8 Å². The van der Waals surface area contributed by atoms with Crippen LogP contribution in [0.4, 0.5) is 14.6 Å². The fourth-order valence-electron chi connectivity index (χ4n) is 4.43. The number of aliphatic hydroxyl groups is 1. The Bertz CT molecular complexity index is 1470. The Morgan fingerprint density at radius 1 is 1.19 bits per heavy atom. The zero-order chi connectivity index (χ0) is 25.9. The van der Waals surface area contributed by atoms with Crippen molar-refractivity contribution >= 4 is 22.8 Å². The molecule has 3 heterocycles. The molecule has 0 saturated carbocycles. The third kappa shape index (κ3) is 4.98. The summed E-state index contributed by atoms with van der Waals surface area (Å²) in [5, 5.41) is 14.4. The summed E-state index contributed by atoms with van der Waals surface area (Å²) in [4.78, 5) is 22.8. The van der Waals surface area contributed by atoms with Gasteiger partial charge >= 0.3 is 0 Å². The van der Waals surface area contributed by atoms with Gasteiger partial charge in [0.15, 0.2) is 17.2 Å². The fourth-order valence-corrected chi connectivity index (χ4v) is 4.43. The molecule has 1 amide bonds. The highest BCUT2D eigenvalue weighted by atomic mass is 19.1. The van der Waals surface area contributed by atoms with E-state index in [9.17, 15) is 13.6 Å². The maximum absolute atomic E-state index is 14.0. The van der Waals surface area contributed by atoms with Gasteiger partial charge in [-0.1, -0.05) is 6.08 Å². The van der Waals surface area contributed by atoms with Gasteiger partial charge in [-0.2, -0.15) is 5.10 Å². The number of carbonyl (C=O) groups is 1. The SMILES string of the molecule is Nc1ncnc2c1c(-c1ccc(Oc3ccc(F)cc3F)cc1)nn2[C@@H]1CCCN(C(=O)/C=C/CO)C1. The molecule has 5 rings (SSSR count). The summed E-state index contributed by atoms with van der Waals surface area (Å²) in [7, 11) is 0. The van der Waals surface area contributed by atoms with E-state index in [0.29, 0.717) is 41.1 Å². The molecule has 0 radical (unpaired) electrons. The second-order valence-electron chi connectivity index (χ2n) is 8.62.